The lowest BCUT2D eigenvalue weighted by atomic mass is 9.82. The summed E-state index contributed by atoms with van der Waals surface area (Å²) in [7, 11) is 2.57. The van der Waals surface area contributed by atoms with Gasteiger partial charge in [0, 0.05) is 6.42 Å². The van der Waals surface area contributed by atoms with Crippen LogP contribution in [-0.2, 0) is 19.0 Å². The highest BCUT2D eigenvalue weighted by atomic mass is 16.6. The summed E-state index contributed by atoms with van der Waals surface area (Å²) < 4.78 is 15.2. The highest BCUT2D eigenvalue weighted by Gasteiger charge is 2.49. The number of amides is 1. The maximum Gasteiger partial charge on any atom is 0.409 e. The first-order valence-electron chi connectivity index (χ1n) is 8.00. The van der Waals surface area contributed by atoms with E-state index in [0.717, 1.165) is 0 Å². The summed E-state index contributed by atoms with van der Waals surface area (Å²) in [5, 5.41) is 0. The van der Waals surface area contributed by atoms with Gasteiger partial charge in [0.25, 0.3) is 0 Å². The first-order chi connectivity index (χ1) is 11.8. The van der Waals surface area contributed by atoms with Crippen LogP contribution >= 0.6 is 0 Å². The molecule has 1 aliphatic heterocycles. The number of hydrogen-bond acceptors (Lipinski definition) is 6. The quantitative estimate of drug-likeness (QED) is 0.612. The first kappa shape index (κ1) is 18.8. The van der Waals surface area contributed by atoms with E-state index in [4.69, 9.17) is 14.2 Å². The zero-order valence-electron chi connectivity index (χ0n) is 14.9. The predicted octanol–water partition coefficient (Wildman–Crippen LogP) is 2.25. The molecule has 0 N–H and O–H groups in total. The van der Waals surface area contributed by atoms with Crippen LogP contribution in [-0.4, -0.2) is 55.8 Å². The molecule has 1 saturated heterocycles. The molecule has 7 nitrogen and oxygen atoms in total. The average Bonchev–Trinajstić information content (AvgIpc) is 3.05. The molecule has 1 aromatic rings. The lowest BCUT2D eigenvalue weighted by molar-refractivity contribution is -0.153. The van der Waals surface area contributed by atoms with E-state index in [2.05, 4.69) is 0 Å². The Bertz CT molecular complexity index is 642. The molecule has 0 aliphatic carbocycles. The van der Waals surface area contributed by atoms with Gasteiger partial charge in [0.2, 0.25) is 0 Å². The second kappa shape index (κ2) is 7.55. The molecule has 0 radical (unpaired) electrons. The summed E-state index contributed by atoms with van der Waals surface area (Å²) in [4.78, 5) is 37.9. The normalized spacial score (nSPS) is 20.1. The van der Waals surface area contributed by atoms with Crippen molar-refractivity contribution < 1.29 is 28.6 Å². The highest BCUT2D eigenvalue weighted by molar-refractivity contribution is 5.89. The Kier molecular flexibility index (Phi) is 5.66. The van der Waals surface area contributed by atoms with Crippen molar-refractivity contribution in [3.63, 3.8) is 0 Å². The number of hydrogen-bond donors (Lipinski definition) is 0. The molecule has 1 fully saturated rings. The lowest BCUT2D eigenvalue weighted by Crippen LogP contribution is -2.48. The van der Waals surface area contributed by atoms with Gasteiger partial charge in [-0.05, 0) is 26.0 Å². The number of rotatable bonds is 4. The van der Waals surface area contributed by atoms with Crippen LogP contribution < -0.4 is 0 Å². The van der Waals surface area contributed by atoms with Crippen LogP contribution in [0.5, 0.6) is 0 Å². The number of nitrogens with zero attached hydrogens (tertiary/aromatic N) is 1. The van der Waals surface area contributed by atoms with Gasteiger partial charge in [-0.1, -0.05) is 18.2 Å². The zero-order chi connectivity index (χ0) is 18.6. The van der Waals surface area contributed by atoms with Gasteiger partial charge < -0.3 is 19.1 Å². The molecule has 1 aromatic carbocycles. The summed E-state index contributed by atoms with van der Waals surface area (Å²) in [6, 6.07) is 8.11. The maximum atomic E-state index is 12.2. The van der Waals surface area contributed by atoms with Crippen molar-refractivity contribution in [2.75, 3.05) is 20.8 Å². The summed E-state index contributed by atoms with van der Waals surface area (Å²) >= 11 is 0. The molecule has 0 bridgehead atoms. The molecule has 1 aliphatic rings. The monoisotopic (exact) mass is 349 g/mol. The minimum absolute atomic E-state index is 0.163. The van der Waals surface area contributed by atoms with E-state index < -0.39 is 35.6 Å². The lowest BCUT2D eigenvalue weighted by Gasteiger charge is -2.34. The van der Waals surface area contributed by atoms with Crippen molar-refractivity contribution in [3.05, 3.63) is 35.9 Å². The summed E-state index contributed by atoms with van der Waals surface area (Å²) in [6.45, 7) is 3.55. The molecule has 1 heterocycles. The third-order valence-electron chi connectivity index (χ3n) is 4.50. The number of ether oxygens (including phenoxy) is 3. The zero-order valence-corrected chi connectivity index (χ0v) is 14.9. The van der Waals surface area contributed by atoms with E-state index in [-0.39, 0.29) is 6.54 Å². The van der Waals surface area contributed by atoms with Crippen LogP contribution in [0.3, 0.4) is 0 Å². The van der Waals surface area contributed by atoms with E-state index in [9.17, 15) is 14.4 Å². The second-order valence-electron chi connectivity index (χ2n) is 6.48. The maximum absolute atomic E-state index is 12.2. The Morgan fingerprint density at radius 1 is 1.08 bits per heavy atom. The molecule has 0 aromatic heterocycles. The fourth-order valence-corrected chi connectivity index (χ4v) is 3.08. The van der Waals surface area contributed by atoms with E-state index in [0.29, 0.717) is 12.0 Å². The van der Waals surface area contributed by atoms with Crippen molar-refractivity contribution in [1.29, 1.82) is 0 Å². The van der Waals surface area contributed by atoms with Gasteiger partial charge in [-0.25, -0.2) is 9.59 Å². The Balaban J connectivity index is 2.17. The number of benzene rings is 1. The van der Waals surface area contributed by atoms with Gasteiger partial charge in [-0.3, -0.25) is 4.79 Å². The Hall–Kier alpha value is -2.57. The van der Waals surface area contributed by atoms with E-state index in [1.807, 2.05) is 0 Å². The Morgan fingerprint density at radius 3 is 2.28 bits per heavy atom. The molecule has 0 spiro atoms. The van der Waals surface area contributed by atoms with Crippen molar-refractivity contribution in [2.24, 2.45) is 5.41 Å². The molecule has 7 heteroatoms. The first-order valence-corrected chi connectivity index (χ1v) is 8.00. The second-order valence-corrected chi connectivity index (χ2v) is 6.48. The van der Waals surface area contributed by atoms with Gasteiger partial charge in [-0.2, -0.15) is 0 Å². The van der Waals surface area contributed by atoms with Crippen molar-refractivity contribution in [3.8, 4) is 0 Å². The molecule has 0 saturated carbocycles. The van der Waals surface area contributed by atoms with E-state index in [1.54, 1.807) is 44.2 Å². The minimum atomic E-state index is -0.961. The molecule has 136 valence electrons. The number of methoxy groups -OCH3 is 2. The number of carbonyl (C=O) groups is 3. The third kappa shape index (κ3) is 3.92. The standard InChI is InChI=1S/C18H23NO6/c1-18(2,16(21)23-3)14-10-13(11-19(14)17(22)24-4)25-15(20)12-8-6-5-7-9-12/h5-9,13-14H,10-11H2,1-4H3/t13-,14-/m1/s1. The summed E-state index contributed by atoms with van der Waals surface area (Å²) in [5.41, 5.74) is -0.528. The van der Waals surface area contributed by atoms with Crippen LogP contribution in [0.4, 0.5) is 4.79 Å². The Labute approximate surface area is 146 Å². The van der Waals surface area contributed by atoms with E-state index >= 15 is 0 Å². The fourth-order valence-electron chi connectivity index (χ4n) is 3.08. The molecule has 2 atom stereocenters. The summed E-state index contributed by atoms with van der Waals surface area (Å²) in [6.07, 6.45) is -0.767. The topological polar surface area (TPSA) is 82.1 Å². The Morgan fingerprint density at radius 2 is 1.72 bits per heavy atom. The van der Waals surface area contributed by atoms with Gasteiger partial charge in [-0.15, -0.1) is 0 Å². The molecule has 1 amide bonds. The summed E-state index contributed by atoms with van der Waals surface area (Å²) in [5.74, 6) is -0.909. The third-order valence-corrected chi connectivity index (χ3v) is 4.50. The SMILES string of the molecule is COC(=O)N1C[C@H](OC(=O)c2ccccc2)C[C@@H]1C(C)(C)C(=O)OC. The van der Waals surface area contributed by atoms with Crippen molar-refractivity contribution in [1.82, 2.24) is 4.90 Å². The molecular weight excluding hydrogens is 326 g/mol. The molecule has 0 unspecified atom stereocenters. The van der Waals surface area contributed by atoms with Crippen LogP contribution in [0.15, 0.2) is 30.3 Å². The van der Waals surface area contributed by atoms with E-state index in [1.165, 1.54) is 19.1 Å². The van der Waals surface area contributed by atoms with Crippen LogP contribution in [0, 0.1) is 5.41 Å². The fraction of sp³-hybridized carbons (Fsp3) is 0.500. The molecule has 25 heavy (non-hydrogen) atoms. The highest BCUT2D eigenvalue weighted by Crippen LogP contribution is 2.36. The van der Waals surface area contributed by atoms with Gasteiger partial charge in [0.15, 0.2) is 0 Å². The van der Waals surface area contributed by atoms with Crippen molar-refractivity contribution >= 4 is 18.0 Å². The number of esters is 2. The van der Waals surface area contributed by atoms with Crippen LogP contribution in [0.2, 0.25) is 0 Å². The largest absolute Gasteiger partial charge is 0.469 e. The van der Waals surface area contributed by atoms with Gasteiger partial charge in [0.1, 0.15) is 6.10 Å². The molecular formula is C18H23NO6. The van der Waals surface area contributed by atoms with Crippen LogP contribution in [0.1, 0.15) is 30.6 Å². The minimum Gasteiger partial charge on any atom is -0.469 e. The van der Waals surface area contributed by atoms with Gasteiger partial charge >= 0.3 is 18.0 Å². The number of likely N-dealkylation sites (tertiary alicyclic amines) is 1. The predicted molar refractivity (Wildman–Crippen MR) is 89.0 cm³/mol. The van der Waals surface area contributed by atoms with Gasteiger partial charge in [0.05, 0.1) is 37.8 Å². The number of carbonyl (C=O) groups excluding carboxylic acids is 3. The smallest absolute Gasteiger partial charge is 0.409 e. The molecule has 2 rings (SSSR count). The van der Waals surface area contributed by atoms with Crippen LogP contribution in [0.25, 0.3) is 0 Å². The van der Waals surface area contributed by atoms with Crippen molar-refractivity contribution in [2.45, 2.75) is 32.4 Å². The average molecular weight is 349 g/mol.